The summed E-state index contributed by atoms with van der Waals surface area (Å²) in [5.74, 6) is -0.577. The van der Waals surface area contributed by atoms with Gasteiger partial charge in [0.2, 0.25) is 5.91 Å². The highest BCUT2D eigenvalue weighted by atomic mass is 16.3. The molecule has 0 aliphatic carbocycles. The van der Waals surface area contributed by atoms with E-state index in [0.29, 0.717) is 0 Å². The Labute approximate surface area is 99.8 Å². The first-order chi connectivity index (χ1) is 8.04. The zero-order valence-electron chi connectivity index (χ0n) is 9.91. The van der Waals surface area contributed by atoms with E-state index in [4.69, 9.17) is 0 Å². The Kier molecular flexibility index (Phi) is 4.51. The van der Waals surface area contributed by atoms with Gasteiger partial charge in [0.25, 0.3) is 5.91 Å². The quantitative estimate of drug-likeness (QED) is 0.715. The van der Waals surface area contributed by atoms with Gasteiger partial charge in [0.1, 0.15) is 5.75 Å². The highest BCUT2D eigenvalue weighted by Gasteiger charge is 2.10. The second kappa shape index (κ2) is 5.89. The number of phenols is 1. The van der Waals surface area contributed by atoms with E-state index in [2.05, 4.69) is 10.6 Å². The Bertz CT molecular complexity index is 430. The van der Waals surface area contributed by atoms with Gasteiger partial charge in [-0.25, -0.2) is 0 Å². The fraction of sp³-hybridized carbons (Fsp3) is 0.333. The van der Waals surface area contributed by atoms with Crippen LogP contribution in [0, 0.1) is 6.92 Å². The van der Waals surface area contributed by atoms with Crippen LogP contribution in [0.15, 0.2) is 18.2 Å². The van der Waals surface area contributed by atoms with E-state index < -0.39 is 0 Å². The summed E-state index contributed by atoms with van der Waals surface area (Å²) in [6.45, 7) is 2.07. The summed E-state index contributed by atoms with van der Waals surface area (Å²) in [5, 5.41) is 14.6. The standard InChI is InChI=1S/C12H16N2O3/c1-8-3-4-9(10(15)7-8)12(17)14-6-5-11(16)13-2/h3-4,7,15H,5-6H2,1-2H3,(H,13,16)(H,14,17). The van der Waals surface area contributed by atoms with E-state index in [-0.39, 0.29) is 36.1 Å². The third-order valence-electron chi connectivity index (χ3n) is 2.31. The monoisotopic (exact) mass is 236 g/mol. The molecule has 0 aliphatic rings. The summed E-state index contributed by atoms with van der Waals surface area (Å²) in [4.78, 5) is 22.6. The van der Waals surface area contributed by atoms with Crippen molar-refractivity contribution in [3.05, 3.63) is 29.3 Å². The van der Waals surface area contributed by atoms with Crippen LogP contribution in [0.25, 0.3) is 0 Å². The largest absolute Gasteiger partial charge is 0.507 e. The molecule has 0 spiro atoms. The second-order valence-corrected chi connectivity index (χ2v) is 3.70. The van der Waals surface area contributed by atoms with Gasteiger partial charge in [-0.15, -0.1) is 0 Å². The molecule has 1 aromatic rings. The predicted octanol–water partition coefficient (Wildman–Crippen LogP) is 0.567. The topological polar surface area (TPSA) is 78.4 Å². The highest BCUT2D eigenvalue weighted by molar-refractivity contribution is 5.97. The van der Waals surface area contributed by atoms with Gasteiger partial charge >= 0.3 is 0 Å². The minimum absolute atomic E-state index is 0.0533. The molecular formula is C12H16N2O3. The molecule has 1 aromatic carbocycles. The van der Waals surface area contributed by atoms with Crippen LogP contribution in [0.2, 0.25) is 0 Å². The number of nitrogens with one attached hydrogen (secondary N) is 2. The van der Waals surface area contributed by atoms with Gasteiger partial charge in [0.05, 0.1) is 5.56 Å². The van der Waals surface area contributed by atoms with Gasteiger partial charge < -0.3 is 15.7 Å². The molecule has 3 N–H and O–H groups in total. The maximum atomic E-state index is 11.6. The summed E-state index contributed by atoms with van der Waals surface area (Å²) in [6, 6.07) is 4.82. The van der Waals surface area contributed by atoms with Crippen molar-refractivity contribution in [1.82, 2.24) is 10.6 Å². The van der Waals surface area contributed by atoms with Crippen molar-refractivity contribution in [2.24, 2.45) is 0 Å². The van der Waals surface area contributed by atoms with E-state index in [0.717, 1.165) is 5.56 Å². The van der Waals surface area contributed by atoms with Crippen molar-refractivity contribution in [1.29, 1.82) is 0 Å². The summed E-state index contributed by atoms with van der Waals surface area (Å²) < 4.78 is 0. The van der Waals surface area contributed by atoms with E-state index in [1.807, 2.05) is 6.92 Å². The van der Waals surface area contributed by atoms with E-state index in [1.54, 1.807) is 12.1 Å². The highest BCUT2D eigenvalue weighted by Crippen LogP contribution is 2.17. The fourth-order valence-electron chi connectivity index (χ4n) is 1.34. The number of carbonyl (C=O) groups is 2. The average molecular weight is 236 g/mol. The number of aryl methyl sites for hydroxylation is 1. The molecule has 92 valence electrons. The van der Waals surface area contributed by atoms with Gasteiger partial charge in [-0.1, -0.05) is 6.07 Å². The maximum absolute atomic E-state index is 11.6. The molecule has 0 fully saturated rings. The number of carbonyl (C=O) groups excluding carboxylic acids is 2. The van der Waals surface area contributed by atoms with Gasteiger partial charge in [-0.3, -0.25) is 9.59 Å². The number of hydrogen-bond donors (Lipinski definition) is 3. The van der Waals surface area contributed by atoms with Crippen molar-refractivity contribution < 1.29 is 14.7 Å². The van der Waals surface area contributed by atoms with Gasteiger partial charge in [-0.05, 0) is 24.6 Å². The van der Waals surface area contributed by atoms with Crippen LogP contribution < -0.4 is 10.6 Å². The molecule has 0 unspecified atom stereocenters. The van der Waals surface area contributed by atoms with Crippen LogP contribution in [0.5, 0.6) is 5.75 Å². The van der Waals surface area contributed by atoms with E-state index in [9.17, 15) is 14.7 Å². The van der Waals surface area contributed by atoms with Crippen LogP contribution >= 0.6 is 0 Å². The van der Waals surface area contributed by atoms with Gasteiger partial charge in [-0.2, -0.15) is 0 Å². The molecule has 0 saturated heterocycles. The summed E-state index contributed by atoms with van der Waals surface area (Å²) >= 11 is 0. The Balaban J connectivity index is 2.55. The lowest BCUT2D eigenvalue weighted by Crippen LogP contribution is -2.29. The minimum Gasteiger partial charge on any atom is -0.507 e. The molecular weight excluding hydrogens is 220 g/mol. The minimum atomic E-state index is -0.383. The van der Waals surface area contributed by atoms with E-state index >= 15 is 0 Å². The van der Waals surface area contributed by atoms with Crippen LogP contribution in [0.3, 0.4) is 0 Å². The first-order valence-corrected chi connectivity index (χ1v) is 5.33. The SMILES string of the molecule is CNC(=O)CCNC(=O)c1ccc(C)cc1O. The Morgan fingerprint density at radius 1 is 1.35 bits per heavy atom. The molecule has 0 aliphatic heterocycles. The van der Waals surface area contributed by atoms with Crippen molar-refractivity contribution in [3.63, 3.8) is 0 Å². The Morgan fingerprint density at radius 2 is 2.06 bits per heavy atom. The maximum Gasteiger partial charge on any atom is 0.255 e. The summed E-state index contributed by atoms with van der Waals surface area (Å²) in [7, 11) is 1.54. The van der Waals surface area contributed by atoms with Crippen LogP contribution in [0.1, 0.15) is 22.3 Å². The lowest BCUT2D eigenvalue weighted by Gasteiger charge is -2.06. The number of aromatic hydroxyl groups is 1. The third kappa shape index (κ3) is 3.79. The van der Waals surface area contributed by atoms with Crippen molar-refractivity contribution in [2.45, 2.75) is 13.3 Å². The smallest absolute Gasteiger partial charge is 0.255 e. The first-order valence-electron chi connectivity index (χ1n) is 5.33. The van der Waals surface area contributed by atoms with Gasteiger partial charge in [0, 0.05) is 20.0 Å². The second-order valence-electron chi connectivity index (χ2n) is 3.70. The average Bonchev–Trinajstić information content (AvgIpc) is 2.28. The zero-order valence-corrected chi connectivity index (χ0v) is 9.91. The summed E-state index contributed by atoms with van der Waals surface area (Å²) in [5.41, 5.74) is 1.09. The fourth-order valence-corrected chi connectivity index (χ4v) is 1.34. The molecule has 0 saturated carbocycles. The molecule has 1 rings (SSSR count). The number of amides is 2. The Hall–Kier alpha value is -2.04. The normalized spacial score (nSPS) is 9.76. The first kappa shape index (κ1) is 13.0. The third-order valence-corrected chi connectivity index (χ3v) is 2.31. The molecule has 0 aromatic heterocycles. The molecule has 17 heavy (non-hydrogen) atoms. The molecule has 5 nitrogen and oxygen atoms in total. The van der Waals surface area contributed by atoms with Gasteiger partial charge in [0.15, 0.2) is 0 Å². The number of benzene rings is 1. The lowest BCUT2D eigenvalue weighted by molar-refractivity contribution is -0.120. The Morgan fingerprint density at radius 3 is 2.65 bits per heavy atom. The van der Waals surface area contributed by atoms with Crippen molar-refractivity contribution in [2.75, 3.05) is 13.6 Å². The molecule has 2 amide bonds. The van der Waals surface area contributed by atoms with Crippen LogP contribution in [-0.4, -0.2) is 30.5 Å². The molecule has 0 heterocycles. The number of phenolic OH excluding ortho intramolecular Hbond substituents is 1. The predicted molar refractivity (Wildman–Crippen MR) is 63.9 cm³/mol. The molecule has 5 heteroatoms. The number of rotatable bonds is 4. The summed E-state index contributed by atoms with van der Waals surface area (Å²) in [6.07, 6.45) is 0.217. The zero-order chi connectivity index (χ0) is 12.8. The van der Waals surface area contributed by atoms with Crippen LogP contribution in [0.4, 0.5) is 0 Å². The molecule has 0 bridgehead atoms. The molecule has 0 radical (unpaired) electrons. The van der Waals surface area contributed by atoms with E-state index in [1.165, 1.54) is 13.1 Å². The molecule has 0 atom stereocenters. The van der Waals surface area contributed by atoms with Crippen molar-refractivity contribution >= 4 is 11.8 Å². The lowest BCUT2D eigenvalue weighted by atomic mass is 10.1. The number of hydrogen-bond acceptors (Lipinski definition) is 3. The van der Waals surface area contributed by atoms with Crippen LogP contribution in [-0.2, 0) is 4.79 Å². The van der Waals surface area contributed by atoms with Crippen molar-refractivity contribution in [3.8, 4) is 5.75 Å².